The molecule has 178 valence electrons. The maximum Gasteiger partial charge on any atom is 0.341 e. The van der Waals surface area contributed by atoms with Crippen molar-refractivity contribution in [3.63, 3.8) is 0 Å². The molecule has 0 atom stereocenters. The summed E-state index contributed by atoms with van der Waals surface area (Å²) in [5.74, 6) is -0.0152. The number of benzene rings is 4. The van der Waals surface area contributed by atoms with Gasteiger partial charge < -0.3 is 9.47 Å². The van der Waals surface area contributed by atoms with Crippen LogP contribution in [0.4, 0.5) is 0 Å². The minimum atomic E-state index is -0.454. The van der Waals surface area contributed by atoms with Crippen molar-refractivity contribution in [3.8, 4) is 33.8 Å². The summed E-state index contributed by atoms with van der Waals surface area (Å²) in [4.78, 5) is 12.3. The smallest absolute Gasteiger partial charge is 0.341 e. The number of hydrogen-bond donors (Lipinski definition) is 0. The fourth-order valence-corrected chi connectivity index (χ4v) is 4.23. The molecule has 0 aliphatic heterocycles. The number of hydrogen-bond acceptors (Lipinski definition) is 4. The molecular weight excluding hydrogens is 472 g/mol. The molecule has 1 heterocycles. The maximum absolute atomic E-state index is 12.3. The molecule has 0 aliphatic carbocycles. The first-order valence-corrected chi connectivity index (χ1v) is 11.8. The number of rotatable bonds is 7. The van der Waals surface area contributed by atoms with Gasteiger partial charge in [-0.1, -0.05) is 84.4 Å². The number of carbonyl (C=O) groups is 1. The molecule has 0 bridgehead atoms. The SMILES string of the molecule is COC(=O)c1ccccc1OCc1c(-c2ccc(Cl)cc2)c(-c2ccccc2)nn1-c1ccccc1. The molecule has 6 heteroatoms. The van der Waals surface area contributed by atoms with Gasteiger partial charge in [-0.25, -0.2) is 9.48 Å². The lowest BCUT2D eigenvalue weighted by molar-refractivity contribution is 0.0595. The normalized spacial score (nSPS) is 10.7. The van der Waals surface area contributed by atoms with Gasteiger partial charge in [0.1, 0.15) is 23.6 Å². The Morgan fingerprint density at radius 2 is 1.44 bits per heavy atom. The molecule has 36 heavy (non-hydrogen) atoms. The van der Waals surface area contributed by atoms with E-state index in [0.717, 1.165) is 33.8 Å². The van der Waals surface area contributed by atoms with Gasteiger partial charge in [0.2, 0.25) is 0 Å². The zero-order valence-electron chi connectivity index (χ0n) is 19.6. The van der Waals surface area contributed by atoms with Crippen molar-refractivity contribution in [3.05, 3.63) is 125 Å². The standard InChI is InChI=1S/C30H23ClN2O3/c1-35-30(34)25-14-8-9-15-27(25)36-20-26-28(21-16-18-23(31)19-17-21)29(22-10-4-2-5-11-22)32-33(26)24-12-6-3-7-13-24/h2-19H,20H2,1H3. The van der Waals surface area contributed by atoms with Crippen molar-refractivity contribution in [2.45, 2.75) is 6.61 Å². The first kappa shape index (κ1) is 23.4. The molecule has 4 aromatic carbocycles. The minimum absolute atomic E-state index is 0.167. The number of esters is 1. The van der Waals surface area contributed by atoms with Crippen LogP contribution in [0.3, 0.4) is 0 Å². The van der Waals surface area contributed by atoms with Gasteiger partial charge in [-0.2, -0.15) is 5.10 Å². The molecule has 1 aromatic heterocycles. The predicted molar refractivity (Wildman–Crippen MR) is 142 cm³/mol. The molecule has 0 saturated carbocycles. The van der Waals surface area contributed by atoms with E-state index < -0.39 is 5.97 Å². The summed E-state index contributed by atoms with van der Waals surface area (Å²) in [5, 5.41) is 5.70. The van der Waals surface area contributed by atoms with Crippen LogP contribution in [-0.4, -0.2) is 22.9 Å². The Morgan fingerprint density at radius 3 is 2.14 bits per heavy atom. The lowest BCUT2D eigenvalue weighted by atomic mass is 9.99. The van der Waals surface area contributed by atoms with Crippen LogP contribution in [0.25, 0.3) is 28.1 Å². The Bertz CT molecular complexity index is 1480. The van der Waals surface area contributed by atoms with Gasteiger partial charge in [0, 0.05) is 16.1 Å². The molecule has 0 saturated heterocycles. The van der Waals surface area contributed by atoms with Crippen molar-refractivity contribution in [2.24, 2.45) is 0 Å². The second kappa shape index (κ2) is 10.5. The Balaban J connectivity index is 1.69. The fourth-order valence-electron chi connectivity index (χ4n) is 4.10. The third kappa shape index (κ3) is 4.74. The molecule has 0 radical (unpaired) electrons. The monoisotopic (exact) mass is 494 g/mol. The second-order valence-corrected chi connectivity index (χ2v) is 8.50. The van der Waals surface area contributed by atoms with Crippen LogP contribution in [0, 0.1) is 0 Å². The van der Waals surface area contributed by atoms with Gasteiger partial charge in [-0.05, 0) is 42.0 Å². The van der Waals surface area contributed by atoms with Gasteiger partial charge in [-0.15, -0.1) is 0 Å². The van der Waals surface area contributed by atoms with Crippen molar-refractivity contribution in [1.29, 1.82) is 0 Å². The van der Waals surface area contributed by atoms with E-state index >= 15 is 0 Å². The Labute approximate surface area is 214 Å². The van der Waals surface area contributed by atoms with Gasteiger partial charge in [-0.3, -0.25) is 0 Å². The zero-order valence-corrected chi connectivity index (χ0v) is 20.4. The Hall–Kier alpha value is -4.35. The highest BCUT2D eigenvalue weighted by molar-refractivity contribution is 6.30. The Kier molecular flexibility index (Phi) is 6.83. The van der Waals surface area contributed by atoms with Gasteiger partial charge in [0.25, 0.3) is 0 Å². The lowest BCUT2D eigenvalue weighted by Crippen LogP contribution is -2.09. The highest BCUT2D eigenvalue weighted by Gasteiger charge is 2.23. The summed E-state index contributed by atoms with van der Waals surface area (Å²) in [6.45, 7) is 0.167. The van der Waals surface area contributed by atoms with Gasteiger partial charge >= 0.3 is 5.97 Å². The highest BCUT2D eigenvalue weighted by atomic mass is 35.5. The van der Waals surface area contributed by atoms with Gasteiger partial charge in [0.05, 0.1) is 18.5 Å². The van der Waals surface area contributed by atoms with Crippen LogP contribution in [0.2, 0.25) is 5.02 Å². The largest absolute Gasteiger partial charge is 0.486 e. The van der Waals surface area contributed by atoms with Crippen LogP contribution in [0.5, 0.6) is 5.75 Å². The molecule has 5 nitrogen and oxygen atoms in total. The summed E-state index contributed by atoms with van der Waals surface area (Å²) in [6.07, 6.45) is 0. The predicted octanol–water partition coefficient (Wildman–Crippen LogP) is 7.23. The summed E-state index contributed by atoms with van der Waals surface area (Å²) in [5.41, 5.74) is 5.78. The van der Waals surface area contributed by atoms with Crippen LogP contribution in [0.15, 0.2) is 109 Å². The van der Waals surface area contributed by atoms with Crippen LogP contribution in [0.1, 0.15) is 16.1 Å². The Morgan fingerprint density at radius 1 is 0.806 bits per heavy atom. The highest BCUT2D eigenvalue weighted by Crippen LogP contribution is 2.37. The van der Waals surface area contributed by atoms with Crippen molar-refractivity contribution < 1.29 is 14.3 Å². The number of nitrogens with zero attached hydrogens (tertiary/aromatic N) is 2. The number of halogens is 1. The number of aromatic nitrogens is 2. The van der Waals surface area contributed by atoms with Crippen molar-refractivity contribution >= 4 is 17.6 Å². The molecule has 0 fully saturated rings. The van der Waals surface area contributed by atoms with E-state index in [1.807, 2.05) is 95.7 Å². The topological polar surface area (TPSA) is 53.4 Å². The maximum atomic E-state index is 12.3. The van der Waals surface area contributed by atoms with Crippen molar-refractivity contribution in [1.82, 2.24) is 9.78 Å². The van der Waals surface area contributed by atoms with E-state index in [-0.39, 0.29) is 6.61 Å². The number of para-hydroxylation sites is 2. The van der Waals surface area contributed by atoms with E-state index in [4.69, 9.17) is 26.2 Å². The number of ether oxygens (including phenoxy) is 2. The molecule has 0 spiro atoms. The molecular formula is C30H23ClN2O3. The summed E-state index contributed by atoms with van der Waals surface area (Å²) in [6, 6.07) is 34.7. The molecule has 5 aromatic rings. The average molecular weight is 495 g/mol. The van der Waals surface area contributed by atoms with Crippen LogP contribution < -0.4 is 4.74 Å². The van der Waals surface area contributed by atoms with Crippen LogP contribution >= 0.6 is 11.6 Å². The third-order valence-electron chi connectivity index (χ3n) is 5.82. The quantitative estimate of drug-likeness (QED) is 0.224. The number of methoxy groups -OCH3 is 1. The minimum Gasteiger partial charge on any atom is -0.486 e. The third-order valence-corrected chi connectivity index (χ3v) is 6.07. The van der Waals surface area contributed by atoms with Gasteiger partial charge in [0.15, 0.2) is 0 Å². The first-order valence-electron chi connectivity index (χ1n) is 11.4. The molecule has 5 rings (SSSR count). The summed E-state index contributed by atoms with van der Waals surface area (Å²) >= 11 is 6.21. The summed E-state index contributed by atoms with van der Waals surface area (Å²) in [7, 11) is 1.36. The fraction of sp³-hybridized carbons (Fsp3) is 0.0667. The molecule has 0 unspecified atom stereocenters. The van der Waals surface area contributed by atoms with Crippen molar-refractivity contribution in [2.75, 3.05) is 7.11 Å². The molecule has 0 amide bonds. The lowest BCUT2D eigenvalue weighted by Gasteiger charge is -2.14. The van der Waals surface area contributed by atoms with E-state index in [2.05, 4.69) is 0 Å². The second-order valence-electron chi connectivity index (χ2n) is 8.07. The van der Waals surface area contributed by atoms with Crippen LogP contribution in [-0.2, 0) is 11.3 Å². The van der Waals surface area contributed by atoms with E-state index in [0.29, 0.717) is 16.3 Å². The summed E-state index contributed by atoms with van der Waals surface area (Å²) < 4.78 is 13.1. The average Bonchev–Trinajstić information content (AvgIpc) is 3.32. The molecule has 0 aliphatic rings. The number of carbonyl (C=O) groups excluding carboxylic acids is 1. The van der Waals surface area contributed by atoms with E-state index in [1.54, 1.807) is 18.2 Å². The van der Waals surface area contributed by atoms with E-state index in [1.165, 1.54) is 7.11 Å². The first-order chi connectivity index (χ1) is 17.7. The molecule has 0 N–H and O–H groups in total. The van der Waals surface area contributed by atoms with E-state index in [9.17, 15) is 4.79 Å². The zero-order chi connectivity index (χ0) is 24.9.